The molecule has 0 spiro atoms. The van der Waals surface area contributed by atoms with Gasteiger partial charge in [-0.05, 0) is 31.9 Å². The molecule has 104 valence electrons. The molecule has 0 saturated carbocycles. The summed E-state index contributed by atoms with van der Waals surface area (Å²) < 4.78 is 18.2. The molecule has 1 heterocycles. The van der Waals surface area contributed by atoms with E-state index in [-0.39, 0.29) is 12.4 Å². The van der Waals surface area contributed by atoms with Crippen LogP contribution < -0.4 is 4.90 Å². The van der Waals surface area contributed by atoms with Crippen molar-refractivity contribution in [2.75, 3.05) is 24.6 Å². The van der Waals surface area contributed by atoms with E-state index >= 15 is 0 Å². The number of halogens is 1. The summed E-state index contributed by atoms with van der Waals surface area (Å²) >= 11 is 0. The van der Waals surface area contributed by atoms with Crippen LogP contribution in [0.15, 0.2) is 18.2 Å². The molecule has 1 atom stereocenters. The van der Waals surface area contributed by atoms with E-state index in [1.807, 2.05) is 4.90 Å². The highest BCUT2D eigenvalue weighted by Crippen LogP contribution is 2.30. The van der Waals surface area contributed by atoms with Gasteiger partial charge in [0.2, 0.25) is 0 Å². The number of ether oxygens (including phenoxy) is 1. The third-order valence-corrected chi connectivity index (χ3v) is 3.24. The second kappa shape index (κ2) is 6.02. The maximum absolute atomic E-state index is 13.4. The summed E-state index contributed by atoms with van der Waals surface area (Å²) in [5, 5.41) is 10.0. The van der Waals surface area contributed by atoms with Gasteiger partial charge in [-0.3, -0.25) is 0 Å². The van der Waals surface area contributed by atoms with E-state index in [2.05, 4.69) is 0 Å². The van der Waals surface area contributed by atoms with Gasteiger partial charge in [0.1, 0.15) is 5.82 Å². The molecule has 0 aliphatic carbocycles. The number of nitrogens with zero attached hydrogens (tertiary/aromatic N) is 1. The molecule has 1 aromatic carbocycles. The van der Waals surface area contributed by atoms with E-state index in [1.165, 1.54) is 18.2 Å². The number of aliphatic hydroxyl groups is 1. The fraction of sp³-hybridized carbons (Fsp3) is 0.500. The van der Waals surface area contributed by atoms with Crippen LogP contribution in [-0.2, 0) is 9.53 Å². The van der Waals surface area contributed by atoms with Gasteiger partial charge in [0.15, 0.2) is 6.10 Å². The molecule has 0 bridgehead atoms. The third-order valence-electron chi connectivity index (χ3n) is 3.24. The van der Waals surface area contributed by atoms with Gasteiger partial charge >= 0.3 is 5.97 Å². The molecule has 1 unspecified atom stereocenters. The lowest BCUT2D eigenvalue weighted by Crippen LogP contribution is -2.23. The average Bonchev–Trinajstić information content (AvgIpc) is 2.92. The van der Waals surface area contributed by atoms with Crippen molar-refractivity contribution in [3.8, 4) is 0 Å². The number of esters is 1. The van der Waals surface area contributed by atoms with Crippen LogP contribution in [0.25, 0.3) is 0 Å². The zero-order valence-electron chi connectivity index (χ0n) is 10.9. The monoisotopic (exact) mass is 267 g/mol. The Morgan fingerprint density at radius 2 is 2.16 bits per heavy atom. The Kier molecular flexibility index (Phi) is 4.37. The van der Waals surface area contributed by atoms with Gasteiger partial charge in [-0.15, -0.1) is 0 Å². The standard InChI is InChI=1S/C14H18FNO3/c1-2-19-14(18)13(17)11-6-5-10(15)9-12(11)16-7-3-4-8-16/h5-6,9,13,17H,2-4,7-8H2,1H3. The van der Waals surface area contributed by atoms with Crippen LogP contribution in [0, 0.1) is 5.82 Å². The zero-order valence-corrected chi connectivity index (χ0v) is 10.9. The van der Waals surface area contributed by atoms with Gasteiger partial charge in [0.05, 0.1) is 6.61 Å². The number of hydrogen-bond donors (Lipinski definition) is 1. The lowest BCUT2D eigenvalue weighted by atomic mass is 10.1. The second-order valence-electron chi connectivity index (χ2n) is 4.55. The van der Waals surface area contributed by atoms with Gasteiger partial charge in [0.25, 0.3) is 0 Å². The van der Waals surface area contributed by atoms with Crippen molar-refractivity contribution in [1.82, 2.24) is 0 Å². The van der Waals surface area contributed by atoms with E-state index < -0.39 is 12.1 Å². The molecule has 0 aromatic heterocycles. The minimum absolute atomic E-state index is 0.204. The highest BCUT2D eigenvalue weighted by atomic mass is 19.1. The lowest BCUT2D eigenvalue weighted by molar-refractivity contribution is -0.153. The average molecular weight is 267 g/mol. The van der Waals surface area contributed by atoms with Crippen molar-refractivity contribution in [2.45, 2.75) is 25.9 Å². The van der Waals surface area contributed by atoms with Crippen LogP contribution in [-0.4, -0.2) is 30.8 Å². The molecule has 1 aromatic rings. The van der Waals surface area contributed by atoms with E-state index in [0.717, 1.165) is 25.9 Å². The zero-order chi connectivity index (χ0) is 13.8. The van der Waals surface area contributed by atoms with Crippen molar-refractivity contribution in [3.63, 3.8) is 0 Å². The fourth-order valence-corrected chi connectivity index (χ4v) is 2.33. The summed E-state index contributed by atoms with van der Waals surface area (Å²) in [4.78, 5) is 13.6. The minimum Gasteiger partial charge on any atom is -0.464 e. The molecule has 1 fully saturated rings. The van der Waals surface area contributed by atoms with Gasteiger partial charge in [-0.25, -0.2) is 9.18 Å². The van der Waals surface area contributed by atoms with Crippen LogP contribution in [0.1, 0.15) is 31.4 Å². The first-order valence-electron chi connectivity index (χ1n) is 6.52. The number of aliphatic hydroxyl groups excluding tert-OH is 1. The van der Waals surface area contributed by atoms with Crippen LogP contribution in [0.2, 0.25) is 0 Å². The van der Waals surface area contributed by atoms with Crippen molar-refractivity contribution in [3.05, 3.63) is 29.6 Å². The normalized spacial score (nSPS) is 16.5. The first-order chi connectivity index (χ1) is 9.13. The molecular weight excluding hydrogens is 249 g/mol. The molecule has 1 aliphatic rings. The second-order valence-corrected chi connectivity index (χ2v) is 4.55. The van der Waals surface area contributed by atoms with Crippen LogP contribution >= 0.6 is 0 Å². The summed E-state index contributed by atoms with van der Waals surface area (Å²) in [5.41, 5.74) is 0.986. The smallest absolute Gasteiger partial charge is 0.339 e. The highest BCUT2D eigenvalue weighted by Gasteiger charge is 2.25. The Hall–Kier alpha value is -1.62. The van der Waals surface area contributed by atoms with Gasteiger partial charge in [-0.1, -0.05) is 6.07 Å². The summed E-state index contributed by atoms with van der Waals surface area (Å²) in [5.74, 6) is -1.07. The molecule has 1 N–H and O–H groups in total. The lowest BCUT2D eigenvalue weighted by Gasteiger charge is -2.23. The number of benzene rings is 1. The quantitative estimate of drug-likeness (QED) is 0.848. The largest absolute Gasteiger partial charge is 0.464 e. The summed E-state index contributed by atoms with van der Waals surface area (Å²) in [6.07, 6.45) is 0.702. The third kappa shape index (κ3) is 3.04. The number of hydrogen-bond acceptors (Lipinski definition) is 4. The van der Waals surface area contributed by atoms with E-state index in [4.69, 9.17) is 4.74 Å². The number of carbonyl (C=O) groups is 1. The Morgan fingerprint density at radius 3 is 2.79 bits per heavy atom. The van der Waals surface area contributed by atoms with Gasteiger partial charge < -0.3 is 14.7 Å². The molecular formula is C14H18FNO3. The predicted molar refractivity (Wildman–Crippen MR) is 69.4 cm³/mol. The van der Waals surface area contributed by atoms with Crippen molar-refractivity contribution >= 4 is 11.7 Å². The van der Waals surface area contributed by atoms with E-state index in [1.54, 1.807) is 6.92 Å². The molecule has 1 saturated heterocycles. The highest BCUT2D eigenvalue weighted by molar-refractivity contribution is 5.79. The van der Waals surface area contributed by atoms with E-state index in [0.29, 0.717) is 11.3 Å². The molecule has 19 heavy (non-hydrogen) atoms. The summed E-state index contributed by atoms with van der Waals surface area (Å²) in [7, 11) is 0. The molecule has 5 heteroatoms. The van der Waals surface area contributed by atoms with Gasteiger partial charge in [0, 0.05) is 24.3 Å². The summed E-state index contributed by atoms with van der Waals surface area (Å²) in [6.45, 7) is 3.50. The van der Waals surface area contributed by atoms with Crippen LogP contribution in [0.3, 0.4) is 0 Å². The minimum atomic E-state index is -1.36. The van der Waals surface area contributed by atoms with Crippen LogP contribution in [0.5, 0.6) is 0 Å². The Bertz CT molecular complexity index is 458. The van der Waals surface area contributed by atoms with Crippen molar-refractivity contribution < 1.29 is 19.0 Å². The summed E-state index contributed by atoms with van der Waals surface area (Å²) in [6, 6.07) is 4.06. The molecule has 2 rings (SSSR count). The maximum atomic E-state index is 13.4. The number of anilines is 1. The topological polar surface area (TPSA) is 49.8 Å². The first kappa shape index (κ1) is 13.8. The number of rotatable bonds is 4. The van der Waals surface area contributed by atoms with Crippen molar-refractivity contribution in [1.29, 1.82) is 0 Å². The predicted octanol–water partition coefficient (Wildman–Crippen LogP) is 2.02. The number of carbonyl (C=O) groups excluding carboxylic acids is 1. The maximum Gasteiger partial charge on any atom is 0.339 e. The first-order valence-corrected chi connectivity index (χ1v) is 6.52. The molecule has 4 nitrogen and oxygen atoms in total. The Labute approximate surface area is 111 Å². The SMILES string of the molecule is CCOC(=O)C(O)c1ccc(F)cc1N1CCCC1. The molecule has 0 amide bonds. The van der Waals surface area contributed by atoms with Crippen LogP contribution in [0.4, 0.5) is 10.1 Å². The van der Waals surface area contributed by atoms with E-state index in [9.17, 15) is 14.3 Å². The Morgan fingerprint density at radius 1 is 1.47 bits per heavy atom. The molecule has 0 radical (unpaired) electrons. The fourth-order valence-electron chi connectivity index (χ4n) is 2.33. The van der Waals surface area contributed by atoms with Gasteiger partial charge in [-0.2, -0.15) is 0 Å². The van der Waals surface area contributed by atoms with Crippen molar-refractivity contribution in [2.24, 2.45) is 0 Å². The Balaban J connectivity index is 2.30. The molecule has 1 aliphatic heterocycles.